The van der Waals surface area contributed by atoms with Crippen LogP contribution in [0.2, 0.25) is 0 Å². The molecule has 1 amide bonds. The minimum absolute atomic E-state index is 0.186. The Kier molecular flexibility index (Phi) is 4.67. The van der Waals surface area contributed by atoms with Crippen molar-refractivity contribution in [3.05, 3.63) is 84.3 Å². The van der Waals surface area contributed by atoms with Gasteiger partial charge in [-0.25, -0.2) is 4.98 Å². The van der Waals surface area contributed by atoms with Gasteiger partial charge in [0.25, 0.3) is 5.91 Å². The number of pyridine rings is 2. The normalized spacial score (nSPS) is 11.0. The third-order valence-electron chi connectivity index (χ3n) is 4.19. The second-order valence-corrected chi connectivity index (χ2v) is 6.17. The molecule has 27 heavy (non-hydrogen) atoms. The molecule has 4 aromatic rings. The van der Waals surface area contributed by atoms with Gasteiger partial charge in [-0.3, -0.25) is 9.78 Å². The second kappa shape index (κ2) is 7.43. The average Bonchev–Trinajstić information content (AvgIpc) is 3.36. The summed E-state index contributed by atoms with van der Waals surface area (Å²) in [4.78, 5) is 21.2. The number of carbonyl (C=O) groups excluding carboxylic acids is 1. The first-order chi connectivity index (χ1) is 13.2. The lowest BCUT2D eigenvalue weighted by Gasteiger charge is -2.06. The number of hydrogen-bond donors (Lipinski definition) is 1. The zero-order valence-corrected chi connectivity index (χ0v) is 14.9. The zero-order valence-electron chi connectivity index (χ0n) is 14.9. The number of carbonyl (C=O) groups is 1. The summed E-state index contributed by atoms with van der Waals surface area (Å²) in [6.45, 7) is 0.888. The molecule has 4 rings (SSSR count). The maximum Gasteiger partial charge on any atom is 0.253 e. The predicted octanol–water partition coefficient (Wildman–Crippen LogP) is 2.60. The Bertz CT molecular complexity index is 1070. The first kappa shape index (κ1) is 17.0. The van der Waals surface area contributed by atoms with E-state index < -0.39 is 0 Å². The van der Waals surface area contributed by atoms with Crippen molar-refractivity contribution < 1.29 is 9.53 Å². The minimum atomic E-state index is -0.186. The van der Waals surface area contributed by atoms with Crippen LogP contribution in [0.25, 0.3) is 11.3 Å². The fraction of sp³-hybridized carbons (Fsp3) is 0.150. The topological polar surface area (TPSA) is 73.4 Å². The molecule has 0 saturated heterocycles. The number of aromatic nitrogens is 4. The fourth-order valence-electron chi connectivity index (χ4n) is 2.90. The summed E-state index contributed by atoms with van der Waals surface area (Å²) in [5.41, 5.74) is 4.02. The first-order valence-electron chi connectivity index (χ1n) is 8.55. The average molecular weight is 361 g/mol. The van der Waals surface area contributed by atoms with Gasteiger partial charge in [0.05, 0.1) is 36.3 Å². The fourth-order valence-corrected chi connectivity index (χ4v) is 2.90. The van der Waals surface area contributed by atoms with Gasteiger partial charge in [-0.1, -0.05) is 6.07 Å². The van der Waals surface area contributed by atoms with Crippen LogP contribution in [0.15, 0.2) is 67.5 Å². The van der Waals surface area contributed by atoms with E-state index in [1.807, 2.05) is 64.1 Å². The van der Waals surface area contributed by atoms with E-state index in [1.54, 1.807) is 19.5 Å². The number of amides is 1. The van der Waals surface area contributed by atoms with E-state index in [0.717, 1.165) is 22.6 Å². The van der Waals surface area contributed by atoms with Crippen molar-refractivity contribution in [2.45, 2.75) is 13.2 Å². The largest absolute Gasteiger partial charge is 0.380 e. The Morgan fingerprint density at radius 3 is 2.85 bits per heavy atom. The number of nitrogens with zero attached hydrogens (tertiary/aromatic N) is 4. The SMILES string of the molecule is COCc1ccc2nc(CNC(=O)c3cncc(-n4cccc4)c3)cn2c1. The van der Waals surface area contributed by atoms with E-state index >= 15 is 0 Å². The van der Waals surface area contributed by atoms with Crippen molar-refractivity contribution >= 4 is 11.6 Å². The molecule has 0 aliphatic rings. The molecule has 0 bridgehead atoms. The zero-order chi connectivity index (χ0) is 18.6. The molecule has 0 aliphatic carbocycles. The molecule has 0 radical (unpaired) electrons. The molecule has 7 nitrogen and oxygen atoms in total. The van der Waals surface area contributed by atoms with Crippen LogP contribution in [0.3, 0.4) is 0 Å². The Labute approximate surface area is 156 Å². The van der Waals surface area contributed by atoms with Gasteiger partial charge in [0.2, 0.25) is 0 Å². The lowest BCUT2D eigenvalue weighted by molar-refractivity contribution is 0.0950. The van der Waals surface area contributed by atoms with Gasteiger partial charge in [0.15, 0.2) is 0 Å². The highest BCUT2D eigenvalue weighted by molar-refractivity contribution is 5.94. The van der Waals surface area contributed by atoms with Gasteiger partial charge >= 0.3 is 0 Å². The van der Waals surface area contributed by atoms with E-state index in [4.69, 9.17) is 4.74 Å². The number of methoxy groups -OCH3 is 1. The molecular formula is C20H19N5O2. The number of hydrogen-bond acceptors (Lipinski definition) is 4. The Hall–Kier alpha value is -3.45. The van der Waals surface area contributed by atoms with E-state index in [2.05, 4.69) is 15.3 Å². The maximum atomic E-state index is 12.5. The van der Waals surface area contributed by atoms with Crippen LogP contribution in [-0.2, 0) is 17.9 Å². The van der Waals surface area contributed by atoms with Crippen LogP contribution in [0.5, 0.6) is 0 Å². The van der Waals surface area contributed by atoms with Gasteiger partial charge in [-0.2, -0.15) is 0 Å². The first-order valence-corrected chi connectivity index (χ1v) is 8.55. The summed E-state index contributed by atoms with van der Waals surface area (Å²) in [6.07, 6.45) is 11.0. The van der Waals surface area contributed by atoms with Crippen molar-refractivity contribution in [1.29, 1.82) is 0 Å². The van der Waals surface area contributed by atoms with Gasteiger partial charge in [0, 0.05) is 38.1 Å². The Morgan fingerprint density at radius 1 is 1.19 bits per heavy atom. The number of imidazole rings is 1. The van der Waals surface area contributed by atoms with E-state index in [0.29, 0.717) is 18.7 Å². The smallest absolute Gasteiger partial charge is 0.253 e. The molecule has 4 heterocycles. The molecule has 0 spiro atoms. The number of nitrogens with one attached hydrogen (secondary N) is 1. The van der Waals surface area contributed by atoms with Crippen molar-refractivity contribution in [2.75, 3.05) is 7.11 Å². The van der Waals surface area contributed by atoms with Crippen LogP contribution in [0, 0.1) is 0 Å². The van der Waals surface area contributed by atoms with Gasteiger partial charge in [-0.15, -0.1) is 0 Å². The Morgan fingerprint density at radius 2 is 2.04 bits per heavy atom. The molecule has 0 saturated carbocycles. The van der Waals surface area contributed by atoms with Crippen molar-refractivity contribution in [1.82, 2.24) is 24.3 Å². The highest BCUT2D eigenvalue weighted by Crippen LogP contribution is 2.11. The molecule has 4 aromatic heterocycles. The second-order valence-electron chi connectivity index (χ2n) is 6.17. The number of rotatable bonds is 6. The molecule has 0 unspecified atom stereocenters. The molecule has 0 aliphatic heterocycles. The van der Waals surface area contributed by atoms with Gasteiger partial charge in [0.1, 0.15) is 5.65 Å². The third-order valence-corrected chi connectivity index (χ3v) is 4.19. The summed E-state index contributed by atoms with van der Waals surface area (Å²) < 4.78 is 8.99. The molecule has 1 N–H and O–H groups in total. The van der Waals surface area contributed by atoms with Crippen LogP contribution < -0.4 is 5.32 Å². The lowest BCUT2D eigenvalue weighted by atomic mass is 10.2. The van der Waals surface area contributed by atoms with Crippen molar-refractivity contribution in [3.63, 3.8) is 0 Å². The minimum Gasteiger partial charge on any atom is -0.380 e. The predicted molar refractivity (Wildman–Crippen MR) is 101 cm³/mol. The summed E-state index contributed by atoms with van der Waals surface area (Å²) in [5.74, 6) is -0.186. The third kappa shape index (κ3) is 3.73. The van der Waals surface area contributed by atoms with Crippen molar-refractivity contribution in [2.24, 2.45) is 0 Å². The molecule has 136 valence electrons. The summed E-state index contributed by atoms with van der Waals surface area (Å²) in [5, 5.41) is 2.90. The van der Waals surface area contributed by atoms with Crippen molar-refractivity contribution in [3.8, 4) is 5.69 Å². The summed E-state index contributed by atoms with van der Waals surface area (Å²) in [6, 6.07) is 9.57. The molecule has 0 aromatic carbocycles. The van der Waals surface area contributed by atoms with Crippen LogP contribution in [-0.4, -0.2) is 32.0 Å². The quantitative estimate of drug-likeness (QED) is 0.573. The highest BCUT2D eigenvalue weighted by atomic mass is 16.5. The summed E-state index contributed by atoms with van der Waals surface area (Å²) in [7, 11) is 1.67. The Balaban J connectivity index is 1.46. The van der Waals surface area contributed by atoms with E-state index in [9.17, 15) is 4.79 Å². The maximum absolute atomic E-state index is 12.5. The van der Waals surface area contributed by atoms with E-state index in [1.165, 1.54) is 0 Å². The van der Waals surface area contributed by atoms with Gasteiger partial charge in [-0.05, 0) is 29.8 Å². The summed E-state index contributed by atoms with van der Waals surface area (Å²) >= 11 is 0. The molecule has 0 atom stereocenters. The highest BCUT2D eigenvalue weighted by Gasteiger charge is 2.09. The number of fused-ring (bicyclic) bond motifs is 1. The van der Waals surface area contributed by atoms with E-state index in [-0.39, 0.29) is 5.91 Å². The monoisotopic (exact) mass is 361 g/mol. The van der Waals surface area contributed by atoms with Crippen LogP contribution in [0.1, 0.15) is 21.6 Å². The lowest BCUT2D eigenvalue weighted by Crippen LogP contribution is -2.23. The molecule has 7 heteroatoms. The van der Waals surface area contributed by atoms with Crippen LogP contribution in [0.4, 0.5) is 0 Å². The van der Waals surface area contributed by atoms with Crippen LogP contribution >= 0.6 is 0 Å². The molecular weight excluding hydrogens is 342 g/mol. The number of ether oxygens (including phenoxy) is 1. The standard InChI is InChI=1S/C20H19N5O2/c1-27-14-15-4-5-19-23-17(13-25(19)12-15)10-22-20(26)16-8-18(11-21-9-16)24-6-2-3-7-24/h2-9,11-13H,10,14H2,1H3,(H,22,26). The van der Waals surface area contributed by atoms with Gasteiger partial charge < -0.3 is 19.0 Å². The molecule has 0 fully saturated rings.